The van der Waals surface area contributed by atoms with Crippen molar-refractivity contribution in [2.75, 3.05) is 7.05 Å². The van der Waals surface area contributed by atoms with E-state index in [9.17, 15) is 13.2 Å². The first-order chi connectivity index (χ1) is 8.90. The van der Waals surface area contributed by atoms with E-state index in [1.165, 1.54) is 12.1 Å². The highest BCUT2D eigenvalue weighted by molar-refractivity contribution is 9.10. The van der Waals surface area contributed by atoms with E-state index >= 15 is 0 Å². The second-order valence-corrected chi connectivity index (χ2v) is 5.03. The molecule has 0 heterocycles. The topological polar surface area (TPSA) is 12.0 Å². The lowest BCUT2D eigenvalue weighted by molar-refractivity contribution is -0.138. The lowest BCUT2D eigenvalue weighted by Gasteiger charge is -2.18. The summed E-state index contributed by atoms with van der Waals surface area (Å²) in [4.78, 5) is 0. The Morgan fingerprint density at radius 2 is 2.11 bits per heavy atom. The number of unbranched alkanes of at least 4 members (excludes halogenated alkanes) is 1. The average Bonchev–Trinajstić information content (AvgIpc) is 2.34. The quantitative estimate of drug-likeness (QED) is 0.616. The zero-order valence-corrected chi connectivity index (χ0v) is 12.1. The van der Waals surface area contributed by atoms with Gasteiger partial charge < -0.3 is 5.32 Å². The van der Waals surface area contributed by atoms with Crippen LogP contribution < -0.4 is 5.32 Å². The number of hydrogen-bond acceptors (Lipinski definition) is 1. The average molecular weight is 334 g/mol. The van der Waals surface area contributed by atoms with Gasteiger partial charge in [-0.2, -0.15) is 13.2 Å². The highest BCUT2D eigenvalue weighted by Gasteiger charge is 2.33. The third-order valence-electron chi connectivity index (χ3n) is 2.86. The van der Waals surface area contributed by atoms with Gasteiger partial charge >= 0.3 is 6.18 Å². The molecule has 1 nitrogen and oxygen atoms in total. The Morgan fingerprint density at radius 3 is 2.63 bits per heavy atom. The van der Waals surface area contributed by atoms with Gasteiger partial charge in [0.1, 0.15) is 0 Å². The van der Waals surface area contributed by atoms with Gasteiger partial charge in [-0.3, -0.25) is 0 Å². The van der Waals surface area contributed by atoms with Crippen molar-refractivity contribution < 1.29 is 13.2 Å². The summed E-state index contributed by atoms with van der Waals surface area (Å²) < 4.78 is 38.5. The number of benzene rings is 1. The number of terminal acetylenes is 1. The molecule has 0 saturated carbocycles. The van der Waals surface area contributed by atoms with Gasteiger partial charge in [0.2, 0.25) is 0 Å². The molecule has 1 N–H and O–H groups in total. The molecule has 104 valence electrons. The van der Waals surface area contributed by atoms with Crippen LogP contribution in [0.4, 0.5) is 13.2 Å². The van der Waals surface area contributed by atoms with Crippen molar-refractivity contribution in [2.24, 2.45) is 0 Å². The normalized spacial score (nSPS) is 13.1. The molecule has 0 aliphatic rings. The first kappa shape index (κ1) is 16.1. The predicted molar refractivity (Wildman–Crippen MR) is 73.6 cm³/mol. The molecule has 1 atom stereocenters. The number of rotatable bonds is 5. The fraction of sp³-hybridized carbons (Fsp3) is 0.429. The molecule has 0 aromatic heterocycles. The summed E-state index contributed by atoms with van der Waals surface area (Å²) in [6, 6.07) is 4.18. The van der Waals surface area contributed by atoms with Crippen molar-refractivity contribution in [1.82, 2.24) is 5.32 Å². The molecule has 1 aromatic carbocycles. The minimum atomic E-state index is -4.36. The molecule has 0 aliphatic carbocycles. The van der Waals surface area contributed by atoms with Crippen LogP contribution in [0.5, 0.6) is 0 Å². The second kappa shape index (κ2) is 6.97. The summed E-state index contributed by atoms with van der Waals surface area (Å²) >= 11 is 2.93. The maximum absolute atomic E-state index is 12.8. The van der Waals surface area contributed by atoms with Gasteiger partial charge in [0.15, 0.2) is 0 Å². The van der Waals surface area contributed by atoms with Gasteiger partial charge in [-0.05, 0) is 37.6 Å². The molecule has 0 spiro atoms. The highest BCUT2D eigenvalue weighted by atomic mass is 79.9. The summed E-state index contributed by atoms with van der Waals surface area (Å²) in [7, 11) is 1.73. The van der Waals surface area contributed by atoms with Crippen molar-refractivity contribution in [1.29, 1.82) is 0 Å². The molecule has 0 aliphatic heterocycles. The van der Waals surface area contributed by atoms with Crippen LogP contribution in [-0.4, -0.2) is 7.05 Å². The van der Waals surface area contributed by atoms with E-state index in [1.54, 1.807) is 13.1 Å². The molecule has 0 amide bonds. The fourth-order valence-electron chi connectivity index (χ4n) is 1.86. The van der Waals surface area contributed by atoms with Crippen molar-refractivity contribution in [3.8, 4) is 12.3 Å². The molecule has 1 rings (SSSR count). The van der Waals surface area contributed by atoms with E-state index in [4.69, 9.17) is 6.42 Å². The summed E-state index contributed by atoms with van der Waals surface area (Å²) in [6.45, 7) is 0. The zero-order valence-electron chi connectivity index (χ0n) is 10.5. The molecule has 1 unspecified atom stereocenters. The number of alkyl halides is 3. The number of hydrogen-bond donors (Lipinski definition) is 1. The highest BCUT2D eigenvalue weighted by Crippen LogP contribution is 2.36. The SMILES string of the molecule is C#CCCCC(NC)c1ccc(Br)c(C(F)(F)F)c1. The lowest BCUT2D eigenvalue weighted by atomic mass is 9.99. The van der Waals surface area contributed by atoms with Crippen molar-refractivity contribution in [3.63, 3.8) is 0 Å². The summed E-state index contributed by atoms with van der Waals surface area (Å²) in [5.74, 6) is 2.53. The molecule has 0 fully saturated rings. The summed E-state index contributed by atoms with van der Waals surface area (Å²) in [6.07, 6.45) is 2.93. The zero-order chi connectivity index (χ0) is 14.5. The van der Waals surface area contributed by atoms with Gasteiger partial charge in [0.25, 0.3) is 0 Å². The fourth-order valence-corrected chi connectivity index (χ4v) is 2.33. The van der Waals surface area contributed by atoms with E-state index in [0.29, 0.717) is 18.4 Å². The number of halogens is 4. The van der Waals surface area contributed by atoms with E-state index in [0.717, 1.165) is 6.42 Å². The van der Waals surface area contributed by atoms with E-state index in [2.05, 4.69) is 27.2 Å². The molecule has 1 aromatic rings. The Morgan fingerprint density at radius 1 is 1.42 bits per heavy atom. The minimum absolute atomic E-state index is 0.0576. The molecule has 5 heteroatoms. The van der Waals surface area contributed by atoms with Gasteiger partial charge in [0, 0.05) is 16.9 Å². The standard InChI is InChI=1S/C14H15BrF3N/c1-3-4-5-6-13(19-2)10-7-8-12(15)11(9-10)14(16,17)18/h1,7-9,13,19H,4-6H2,2H3. The van der Waals surface area contributed by atoms with Crippen LogP contribution in [0.1, 0.15) is 36.4 Å². The monoisotopic (exact) mass is 333 g/mol. The van der Waals surface area contributed by atoms with Crippen LogP contribution >= 0.6 is 15.9 Å². The van der Waals surface area contributed by atoms with E-state index in [-0.39, 0.29) is 10.5 Å². The molecule has 19 heavy (non-hydrogen) atoms. The first-order valence-electron chi connectivity index (χ1n) is 5.87. The van der Waals surface area contributed by atoms with Crippen molar-refractivity contribution >= 4 is 15.9 Å². The Labute approximate surface area is 119 Å². The molecular formula is C14H15BrF3N. The Kier molecular flexibility index (Phi) is 5.89. The van der Waals surface area contributed by atoms with Crippen molar-refractivity contribution in [2.45, 2.75) is 31.5 Å². The van der Waals surface area contributed by atoms with Gasteiger partial charge in [-0.25, -0.2) is 0 Å². The summed E-state index contributed by atoms with van der Waals surface area (Å²) in [5, 5.41) is 3.02. The maximum atomic E-state index is 12.8. The third-order valence-corrected chi connectivity index (χ3v) is 3.55. The van der Waals surface area contributed by atoms with Crippen LogP contribution in [0, 0.1) is 12.3 Å². The Bertz CT molecular complexity index is 463. The van der Waals surface area contributed by atoms with Gasteiger partial charge in [0.05, 0.1) is 5.56 Å². The molecule has 0 saturated heterocycles. The van der Waals surface area contributed by atoms with Crippen LogP contribution in [0.2, 0.25) is 0 Å². The lowest BCUT2D eigenvalue weighted by Crippen LogP contribution is -2.17. The summed E-state index contributed by atoms with van der Waals surface area (Å²) in [5.41, 5.74) is -0.0303. The molecule has 0 bridgehead atoms. The van der Waals surface area contributed by atoms with Gasteiger partial charge in [-0.1, -0.05) is 22.0 Å². The van der Waals surface area contributed by atoms with Crippen molar-refractivity contribution in [3.05, 3.63) is 33.8 Å². The third kappa shape index (κ3) is 4.55. The maximum Gasteiger partial charge on any atom is 0.417 e. The molecule has 0 radical (unpaired) electrons. The largest absolute Gasteiger partial charge is 0.417 e. The van der Waals surface area contributed by atoms with Crippen LogP contribution in [0.15, 0.2) is 22.7 Å². The van der Waals surface area contributed by atoms with Gasteiger partial charge in [-0.15, -0.1) is 12.3 Å². The Balaban J connectivity index is 2.96. The van der Waals surface area contributed by atoms with E-state index < -0.39 is 11.7 Å². The first-order valence-corrected chi connectivity index (χ1v) is 6.66. The van der Waals surface area contributed by atoms with E-state index in [1.807, 2.05) is 0 Å². The Hall–Kier alpha value is -0.990. The minimum Gasteiger partial charge on any atom is -0.313 e. The molecular weight excluding hydrogens is 319 g/mol. The van der Waals surface area contributed by atoms with Crippen LogP contribution in [-0.2, 0) is 6.18 Å². The second-order valence-electron chi connectivity index (χ2n) is 4.17. The predicted octanol–water partition coefficient (Wildman–Crippen LogP) is 4.53. The van der Waals surface area contributed by atoms with Crippen LogP contribution in [0.25, 0.3) is 0 Å². The number of nitrogens with one attached hydrogen (secondary N) is 1. The van der Waals surface area contributed by atoms with Crippen LogP contribution in [0.3, 0.4) is 0 Å². The smallest absolute Gasteiger partial charge is 0.313 e.